The first-order valence-corrected chi connectivity index (χ1v) is 8.27. The van der Waals surface area contributed by atoms with Crippen LogP contribution >= 0.6 is 11.6 Å². The molecule has 0 aliphatic heterocycles. The maximum absolute atomic E-state index is 6.22. The van der Waals surface area contributed by atoms with Gasteiger partial charge in [0.2, 0.25) is 0 Å². The molecule has 0 unspecified atom stereocenters. The van der Waals surface area contributed by atoms with E-state index in [1.54, 1.807) is 0 Å². The number of benzene rings is 2. The van der Waals surface area contributed by atoms with E-state index in [2.05, 4.69) is 42.6 Å². The highest BCUT2D eigenvalue weighted by Gasteiger charge is 2.13. The fraction of sp³-hybridized carbons (Fsp3) is 0.368. The van der Waals surface area contributed by atoms with Crippen LogP contribution in [0.1, 0.15) is 36.5 Å². The molecule has 0 aromatic heterocycles. The molecule has 0 amide bonds. The van der Waals surface area contributed by atoms with Crippen LogP contribution in [-0.4, -0.2) is 6.54 Å². The number of aryl methyl sites for hydroxylation is 2. The lowest BCUT2D eigenvalue weighted by Crippen LogP contribution is -2.14. The summed E-state index contributed by atoms with van der Waals surface area (Å²) in [6, 6.07) is 13.1. The minimum atomic E-state index is 0.810. The molecule has 1 N–H and O–H groups in total. The monoisotopic (exact) mass is 299 g/mol. The van der Waals surface area contributed by atoms with Gasteiger partial charge in [-0.25, -0.2) is 0 Å². The van der Waals surface area contributed by atoms with Gasteiger partial charge in [0.15, 0.2) is 0 Å². The predicted molar refractivity (Wildman–Crippen MR) is 90.9 cm³/mol. The lowest BCUT2D eigenvalue weighted by Gasteiger charge is -2.13. The van der Waals surface area contributed by atoms with Gasteiger partial charge in [-0.1, -0.05) is 42.8 Å². The molecule has 0 radical (unpaired) electrons. The molecule has 2 heteroatoms. The zero-order chi connectivity index (χ0) is 14.7. The minimum absolute atomic E-state index is 0.810. The van der Waals surface area contributed by atoms with Crippen molar-refractivity contribution in [3.8, 4) is 11.1 Å². The molecule has 0 spiro atoms. The van der Waals surface area contributed by atoms with Gasteiger partial charge in [0.05, 0.1) is 0 Å². The number of nitrogens with one attached hydrogen (secondary N) is 1. The van der Waals surface area contributed by atoms with E-state index in [1.165, 1.54) is 47.1 Å². The summed E-state index contributed by atoms with van der Waals surface area (Å²) < 4.78 is 0. The third-order valence-corrected chi connectivity index (χ3v) is 4.46. The SMILES string of the molecule is CCCNCc1ccc(Cl)cc1-c1ccc2c(c1)CCC2. The van der Waals surface area contributed by atoms with Crippen LogP contribution in [0.3, 0.4) is 0 Å². The molecule has 2 aromatic carbocycles. The Morgan fingerprint density at radius 2 is 1.90 bits per heavy atom. The van der Waals surface area contributed by atoms with E-state index in [0.717, 1.165) is 24.5 Å². The molecular weight excluding hydrogens is 278 g/mol. The highest BCUT2D eigenvalue weighted by atomic mass is 35.5. The van der Waals surface area contributed by atoms with Crippen LogP contribution < -0.4 is 5.32 Å². The fourth-order valence-corrected chi connectivity index (χ4v) is 3.28. The lowest BCUT2D eigenvalue weighted by atomic mass is 9.96. The zero-order valence-corrected chi connectivity index (χ0v) is 13.3. The first-order valence-electron chi connectivity index (χ1n) is 7.89. The molecule has 1 aliphatic carbocycles. The maximum Gasteiger partial charge on any atom is 0.0412 e. The van der Waals surface area contributed by atoms with Crippen molar-refractivity contribution in [1.82, 2.24) is 5.32 Å². The topological polar surface area (TPSA) is 12.0 Å². The zero-order valence-electron chi connectivity index (χ0n) is 12.6. The van der Waals surface area contributed by atoms with Crippen LogP contribution in [0.15, 0.2) is 36.4 Å². The molecule has 0 saturated heterocycles. The van der Waals surface area contributed by atoms with Crippen molar-refractivity contribution in [2.45, 2.75) is 39.2 Å². The van der Waals surface area contributed by atoms with Gasteiger partial charge < -0.3 is 5.32 Å². The van der Waals surface area contributed by atoms with Crippen molar-refractivity contribution >= 4 is 11.6 Å². The third kappa shape index (κ3) is 3.30. The van der Waals surface area contributed by atoms with E-state index < -0.39 is 0 Å². The van der Waals surface area contributed by atoms with E-state index in [0.29, 0.717) is 0 Å². The van der Waals surface area contributed by atoms with Crippen molar-refractivity contribution in [2.24, 2.45) is 0 Å². The van der Waals surface area contributed by atoms with Crippen molar-refractivity contribution in [1.29, 1.82) is 0 Å². The van der Waals surface area contributed by atoms with Crippen LogP contribution in [0.25, 0.3) is 11.1 Å². The number of hydrogen-bond acceptors (Lipinski definition) is 1. The lowest BCUT2D eigenvalue weighted by molar-refractivity contribution is 0.676. The van der Waals surface area contributed by atoms with Crippen LogP contribution in [0.2, 0.25) is 5.02 Å². The van der Waals surface area contributed by atoms with Crippen LogP contribution in [0, 0.1) is 0 Å². The summed E-state index contributed by atoms with van der Waals surface area (Å²) in [6.07, 6.45) is 4.89. The molecule has 0 saturated carbocycles. The van der Waals surface area contributed by atoms with Gasteiger partial charge in [0, 0.05) is 11.6 Å². The molecular formula is C19H22ClN. The number of rotatable bonds is 5. The van der Waals surface area contributed by atoms with Crippen molar-refractivity contribution < 1.29 is 0 Å². The van der Waals surface area contributed by atoms with Gasteiger partial charge in [-0.2, -0.15) is 0 Å². The Balaban J connectivity index is 1.94. The van der Waals surface area contributed by atoms with Crippen LogP contribution in [0.4, 0.5) is 0 Å². The molecule has 2 aromatic rings. The van der Waals surface area contributed by atoms with E-state index in [1.807, 2.05) is 6.07 Å². The van der Waals surface area contributed by atoms with Gasteiger partial charge in [-0.3, -0.25) is 0 Å². The summed E-state index contributed by atoms with van der Waals surface area (Å²) in [5, 5.41) is 4.30. The minimum Gasteiger partial charge on any atom is -0.313 e. The number of halogens is 1. The Kier molecular flexibility index (Phi) is 4.62. The molecule has 0 heterocycles. The molecule has 1 nitrogen and oxygen atoms in total. The first kappa shape index (κ1) is 14.6. The Labute approximate surface area is 132 Å². The fourth-order valence-electron chi connectivity index (χ4n) is 3.11. The van der Waals surface area contributed by atoms with Crippen molar-refractivity contribution in [3.63, 3.8) is 0 Å². The predicted octanol–water partition coefficient (Wildman–Crippen LogP) is 5.00. The van der Waals surface area contributed by atoms with E-state index in [4.69, 9.17) is 11.6 Å². The van der Waals surface area contributed by atoms with Crippen molar-refractivity contribution in [3.05, 3.63) is 58.1 Å². The van der Waals surface area contributed by atoms with Gasteiger partial charge in [-0.05, 0) is 72.2 Å². The second kappa shape index (κ2) is 6.64. The second-order valence-corrected chi connectivity index (χ2v) is 6.25. The standard InChI is InChI=1S/C19H22ClN/c1-2-10-21-13-17-8-9-18(20)12-19(17)16-7-6-14-4-3-5-15(14)11-16/h6-9,11-12,21H,2-5,10,13H2,1H3. The molecule has 0 fully saturated rings. The summed E-state index contributed by atoms with van der Waals surface area (Å²) in [6.45, 7) is 4.14. The average molecular weight is 300 g/mol. The quantitative estimate of drug-likeness (QED) is 0.767. The van der Waals surface area contributed by atoms with Crippen molar-refractivity contribution in [2.75, 3.05) is 6.54 Å². The van der Waals surface area contributed by atoms with Gasteiger partial charge in [-0.15, -0.1) is 0 Å². The summed E-state index contributed by atoms with van der Waals surface area (Å²) in [5.41, 5.74) is 6.92. The van der Waals surface area contributed by atoms with Crippen LogP contribution in [0.5, 0.6) is 0 Å². The van der Waals surface area contributed by atoms with Gasteiger partial charge >= 0.3 is 0 Å². The molecule has 0 atom stereocenters. The van der Waals surface area contributed by atoms with Gasteiger partial charge in [0.25, 0.3) is 0 Å². The summed E-state index contributed by atoms with van der Waals surface area (Å²) in [4.78, 5) is 0. The Morgan fingerprint density at radius 3 is 2.76 bits per heavy atom. The Morgan fingerprint density at radius 1 is 1.05 bits per heavy atom. The molecule has 3 rings (SSSR count). The summed E-state index contributed by atoms with van der Waals surface area (Å²) in [5.74, 6) is 0. The molecule has 21 heavy (non-hydrogen) atoms. The third-order valence-electron chi connectivity index (χ3n) is 4.22. The summed E-state index contributed by atoms with van der Waals surface area (Å²) in [7, 11) is 0. The van der Waals surface area contributed by atoms with E-state index in [9.17, 15) is 0 Å². The highest BCUT2D eigenvalue weighted by molar-refractivity contribution is 6.30. The normalized spacial score (nSPS) is 13.4. The number of fused-ring (bicyclic) bond motifs is 1. The second-order valence-electron chi connectivity index (χ2n) is 5.82. The largest absolute Gasteiger partial charge is 0.313 e. The highest BCUT2D eigenvalue weighted by Crippen LogP contribution is 2.31. The van der Waals surface area contributed by atoms with Gasteiger partial charge in [0.1, 0.15) is 0 Å². The molecule has 110 valence electrons. The van der Waals surface area contributed by atoms with Crippen LogP contribution in [-0.2, 0) is 19.4 Å². The molecule has 1 aliphatic rings. The molecule has 0 bridgehead atoms. The number of hydrogen-bond donors (Lipinski definition) is 1. The van der Waals surface area contributed by atoms with E-state index >= 15 is 0 Å². The Bertz CT molecular complexity index is 633. The smallest absolute Gasteiger partial charge is 0.0412 e. The Hall–Kier alpha value is -1.31. The average Bonchev–Trinajstić information content (AvgIpc) is 2.96. The first-order chi connectivity index (χ1) is 10.3. The summed E-state index contributed by atoms with van der Waals surface area (Å²) >= 11 is 6.22. The van der Waals surface area contributed by atoms with E-state index in [-0.39, 0.29) is 0 Å². The maximum atomic E-state index is 6.22.